The van der Waals surface area contributed by atoms with Gasteiger partial charge >= 0.3 is 0 Å². The Morgan fingerprint density at radius 2 is 2.05 bits per heavy atom. The summed E-state index contributed by atoms with van der Waals surface area (Å²) in [4.78, 5) is 16.7. The Kier molecular flexibility index (Phi) is 3.32. The highest BCUT2D eigenvalue weighted by molar-refractivity contribution is 6.09. The molecule has 0 radical (unpaired) electrons. The van der Waals surface area contributed by atoms with Crippen molar-refractivity contribution >= 4 is 22.5 Å². The number of nitrogen functional groups attached to an aromatic ring is 1. The van der Waals surface area contributed by atoms with Crippen LogP contribution in [0.5, 0.6) is 0 Å². The molecule has 1 aromatic carbocycles. The van der Waals surface area contributed by atoms with Crippen molar-refractivity contribution in [3.63, 3.8) is 0 Å². The molecule has 1 unspecified atom stereocenters. The fourth-order valence-electron chi connectivity index (χ4n) is 3.22. The van der Waals surface area contributed by atoms with E-state index in [9.17, 15) is 4.79 Å². The van der Waals surface area contributed by atoms with Crippen molar-refractivity contribution in [3.8, 4) is 0 Å². The van der Waals surface area contributed by atoms with Gasteiger partial charge in [-0.1, -0.05) is 38.1 Å². The predicted octanol–water partition coefficient (Wildman–Crippen LogP) is 3.13. The molecule has 3 N–H and O–H groups in total. The number of fused-ring (bicyclic) bond motifs is 1. The van der Waals surface area contributed by atoms with Crippen LogP contribution in [-0.4, -0.2) is 16.9 Å². The van der Waals surface area contributed by atoms with Crippen LogP contribution in [0.4, 0.5) is 5.82 Å². The minimum absolute atomic E-state index is 0.0543. The number of nitrogens with two attached hydrogens (primary N) is 1. The number of hydrogen-bond acceptors (Lipinski definition) is 3. The van der Waals surface area contributed by atoms with E-state index in [1.54, 1.807) is 6.20 Å². The molecule has 0 saturated heterocycles. The molecular weight excluding hydrogens is 262 g/mol. The van der Waals surface area contributed by atoms with Crippen LogP contribution in [0.25, 0.3) is 10.8 Å². The van der Waals surface area contributed by atoms with Gasteiger partial charge in [0.15, 0.2) is 0 Å². The van der Waals surface area contributed by atoms with Crippen LogP contribution in [0, 0.1) is 5.41 Å². The van der Waals surface area contributed by atoms with Gasteiger partial charge in [0.05, 0.1) is 5.56 Å². The summed E-state index contributed by atoms with van der Waals surface area (Å²) in [5.41, 5.74) is 6.80. The van der Waals surface area contributed by atoms with Crippen LogP contribution in [0.2, 0.25) is 0 Å². The van der Waals surface area contributed by atoms with E-state index in [1.165, 1.54) is 0 Å². The lowest BCUT2D eigenvalue weighted by molar-refractivity contribution is 0.0937. The lowest BCUT2D eigenvalue weighted by Gasteiger charge is -2.18. The highest BCUT2D eigenvalue weighted by Crippen LogP contribution is 2.37. The van der Waals surface area contributed by atoms with Crippen molar-refractivity contribution in [3.05, 3.63) is 36.0 Å². The van der Waals surface area contributed by atoms with Crippen molar-refractivity contribution < 1.29 is 4.79 Å². The van der Waals surface area contributed by atoms with Crippen LogP contribution in [-0.2, 0) is 0 Å². The molecule has 0 aliphatic heterocycles. The van der Waals surface area contributed by atoms with Crippen molar-refractivity contribution in [2.24, 2.45) is 5.41 Å². The lowest BCUT2D eigenvalue weighted by atomic mass is 9.92. The molecule has 1 heterocycles. The Hall–Kier alpha value is -2.10. The molecule has 1 aromatic heterocycles. The largest absolute Gasteiger partial charge is 0.383 e. The van der Waals surface area contributed by atoms with E-state index in [4.69, 9.17) is 5.73 Å². The molecule has 2 aromatic rings. The first kappa shape index (κ1) is 13.9. The second-order valence-electron chi connectivity index (χ2n) is 6.68. The van der Waals surface area contributed by atoms with Gasteiger partial charge in [-0.25, -0.2) is 4.98 Å². The second-order valence-corrected chi connectivity index (χ2v) is 6.68. The summed E-state index contributed by atoms with van der Waals surface area (Å²) in [7, 11) is 0. The van der Waals surface area contributed by atoms with E-state index in [0.29, 0.717) is 16.8 Å². The number of anilines is 1. The van der Waals surface area contributed by atoms with Crippen LogP contribution in [0.15, 0.2) is 30.5 Å². The van der Waals surface area contributed by atoms with Gasteiger partial charge in [0.2, 0.25) is 0 Å². The quantitative estimate of drug-likeness (QED) is 0.889. The zero-order valence-corrected chi connectivity index (χ0v) is 12.5. The van der Waals surface area contributed by atoms with Crippen molar-refractivity contribution in [1.29, 1.82) is 0 Å². The SMILES string of the molecule is CC1(C)CCC(NC(=O)c2cnc(N)c3ccccc23)C1. The van der Waals surface area contributed by atoms with Crippen molar-refractivity contribution in [2.75, 3.05) is 5.73 Å². The number of carbonyl (C=O) groups is 1. The van der Waals surface area contributed by atoms with Crippen molar-refractivity contribution in [2.45, 2.75) is 39.2 Å². The summed E-state index contributed by atoms with van der Waals surface area (Å²) in [6.45, 7) is 4.50. The Balaban J connectivity index is 1.87. The van der Waals surface area contributed by atoms with Gasteiger partial charge in [0.25, 0.3) is 5.91 Å². The smallest absolute Gasteiger partial charge is 0.253 e. The molecule has 0 bridgehead atoms. The number of nitrogens with zero attached hydrogens (tertiary/aromatic N) is 1. The van der Waals surface area contributed by atoms with E-state index in [2.05, 4.69) is 24.1 Å². The topological polar surface area (TPSA) is 68.0 Å². The van der Waals surface area contributed by atoms with E-state index in [1.807, 2.05) is 24.3 Å². The Bertz CT molecular complexity index is 693. The molecule has 110 valence electrons. The minimum atomic E-state index is -0.0543. The summed E-state index contributed by atoms with van der Waals surface area (Å²) in [5.74, 6) is 0.408. The number of nitrogens with one attached hydrogen (secondary N) is 1. The Labute approximate surface area is 124 Å². The zero-order valence-electron chi connectivity index (χ0n) is 12.5. The summed E-state index contributed by atoms with van der Waals surface area (Å²) in [6, 6.07) is 7.89. The third-order valence-electron chi connectivity index (χ3n) is 4.37. The molecule has 0 spiro atoms. The van der Waals surface area contributed by atoms with E-state index in [-0.39, 0.29) is 11.9 Å². The van der Waals surface area contributed by atoms with Gasteiger partial charge in [0, 0.05) is 17.6 Å². The van der Waals surface area contributed by atoms with Crippen LogP contribution in [0.3, 0.4) is 0 Å². The molecule has 4 nitrogen and oxygen atoms in total. The number of amides is 1. The summed E-state index contributed by atoms with van der Waals surface area (Å²) < 4.78 is 0. The monoisotopic (exact) mass is 283 g/mol. The maximum absolute atomic E-state index is 12.5. The fourth-order valence-corrected chi connectivity index (χ4v) is 3.22. The zero-order chi connectivity index (χ0) is 15.0. The van der Waals surface area contributed by atoms with Crippen LogP contribution < -0.4 is 11.1 Å². The summed E-state index contributed by atoms with van der Waals surface area (Å²) >= 11 is 0. The first-order valence-electron chi connectivity index (χ1n) is 7.40. The average molecular weight is 283 g/mol. The molecule has 1 amide bonds. The van der Waals surface area contributed by atoms with Gasteiger partial charge in [-0.15, -0.1) is 0 Å². The Morgan fingerprint density at radius 1 is 1.33 bits per heavy atom. The number of rotatable bonds is 2. The van der Waals surface area contributed by atoms with Gasteiger partial charge in [-0.2, -0.15) is 0 Å². The summed E-state index contributed by atoms with van der Waals surface area (Å²) in [6.07, 6.45) is 4.80. The summed E-state index contributed by atoms with van der Waals surface area (Å²) in [5, 5.41) is 4.83. The maximum atomic E-state index is 12.5. The highest BCUT2D eigenvalue weighted by Gasteiger charge is 2.32. The van der Waals surface area contributed by atoms with Gasteiger partial charge in [-0.05, 0) is 30.1 Å². The number of hydrogen-bond donors (Lipinski definition) is 2. The van der Waals surface area contributed by atoms with Crippen molar-refractivity contribution in [1.82, 2.24) is 10.3 Å². The normalized spacial score (nSPS) is 20.6. The first-order valence-corrected chi connectivity index (χ1v) is 7.40. The van der Waals surface area contributed by atoms with E-state index < -0.39 is 0 Å². The van der Waals surface area contributed by atoms with E-state index in [0.717, 1.165) is 30.0 Å². The lowest BCUT2D eigenvalue weighted by Crippen LogP contribution is -2.33. The molecule has 4 heteroatoms. The van der Waals surface area contributed by atoms with Crippen LogP contribution in [0.1, 0.15) is 43.5 Å². The molecule has 1 aliphatic rings. The number of pyridine rings is 1. The molecule has 1 atom stereocenters. The molecule has 1 fully saturated rings. The second kappa shape index (κ2) is 5.02. The minimum Gasteiger partial charge on any atom is -0.383 e. The van der Waals surface area contributed by atoms with Gasteiger partial charge < -0.3 is 11.1 Å². The predicted molar refractivity (Wildman–Crippen MR) is 85.0 cm³/mol. The third-order valence-corrected chi connectivity index (χ3v) is 4.37. The average Bonchev–Trinajstić information content (AvgIpc) is 2.78. The molecule has 1 aliphatic carbocycles. The molecule has 1 saturated carbocycles. The van der Waals surface area contributed by atoms with Crippen LogP contribution >= 0.6 is 0 Å². The molecule has 21 heavy (non-hydrogen) atoms. The molecule has 3 rings (SSSR count). The van der Waals surface area contributed by atoms with Gasteiger partial charge in [0.1, 0.15) is 5.82 Å². The fraction of sp³-hybridized carbons (Fsp3) is 0.412. The maximum Gasteiger partial charge on any atom is 0.253 e. The molecular formula is C17H21N3O. The highest BCUT2D eigenvalue weighted by atomic mass is 16.1. The number of carbonyl (C=O) groups excluding carboxylic acids is 1. The van der Waals surface area contributed by atoms with Gasteiger partial charge in [-0.3, -0.25) is 4.79 Å². The Morgan fingerprint density at radius 3 is 2.71 bits per heavy atom. The first-order chi connectivity index (χ1) is 9.96. The standard InChI is InChI=1S/C17H21N3O/c1-17(2)8-7-11(9-17)20-16(21)14-10-19-15(18)13-6-4-3-5-12(13)14/h3-6,10-11H,7-9H2,1-2H3,(H2,18,19)(H,20,21). The van der Waals surface area contributed by atoms with E-state index >= 15 is 0 Å². The number of aromatic nitrogens is 1. The third kappa shape index (κ3) is 2.71. The number of benzene rings is 1.